The molecule has 0 atom stereocenters. The van der Waals surface area contributed by atoms with Crippen LogP contribution in [0.2, 0.25) is 5.02 Å². The average Bonchev–Trinajstić information content (AvgIpc) is 3.18. The van der Waals surface area contributed by atoms with Gasteiger partial charge in [0.25, 0.3) is 5.56 Å². The molecule has 0 aliphatic carbocycles. The average molecular weight is 454 g/mol. The smallest absolute Gasteiger partial charge is 0.262 e. The Balaban J connectivity index is 1.50. The number of halogens is 1. The molecule has 2 N–H and O–H groups in total. The Bertz CT molecular complexity index is 1330. The van der Waals surface area contributed by atoms with Gasteiger partial charge in [0.1, 0.15) is 5.39 Å². The third-order valence-corrected chi connectivity index (χ3v) is 5.53. The number of ketones is 1. The Morgan fingerprint density at radius 1 is 1.13 bits per heavy atom. The van der Waals surface area contributed by atoms with Crippen LogP contribution in [-0.2, 0) is 4.79 Å². The van der Waals surface area contributed by atoms with Crippen molar-refractivity contribution in [3.8, 4) is 5.69 Å². The molecule has 0 saturated heterocycles. The number of carbonyl (C=O) groups is 2. The third kappa shape index (κ3) is 4.68. The Kier molecular flexibility index (Phi) is 5.88. The molecule has 0 aliphatic rings. The molecular weight excluding hydrogens is 438 g/mol. The number of hydrogen-bond donors (Lipinski definition) is 2. The fourth-order valence-corrected chi connectivity index (χ4v) is 3.64. The van der Waals surface area contributed by atoms with Gasteiger partial charge in [0.05, 0.1) is 17.6 Å². The first kappa shape index (κ1) is 20.8. The highest BCUT2D eigenvalue weighted by Gasteiger charge is 2.13. The number of hydrogen-bond acceptors (Lipinski definition) is 6. The van der Waals surface area contributed by atoms with Crippen molar-refractivity contribution >= 4 is 51.8 Å². The van der Waals surface area contributed by atoms with Gasteiger partial charge >= 0.3 is 0 Å². The fraction of sp³-hybridized carbons (Fsp3) is 0.0952. The van der Waals surface area contributed by atoms with Crippen LogP contribution in [0.15, 0.2) is 64.7 Å². The molecule has 0 radical (unpaired) electrons. The maximum Gasteiger partial charge on any atom is 0.262 e. The summed E-state index contributed by atoms with van der Waals surface area (Å²) in [5.41, 5.74) is 1.90. The quantitative estimate of drug-likeness (QED) is 0.262. The van der Waals surface area contributed by atoms with E-state index in [4.69, 9.17) is 11.6 Å². The van der Waals surface area contributed by atoms with E-state index < -0.39 is 0 Å². The van der Waals surface area contributed by atoms with Crippen molar-refractivity contribution in [3.63, 3.8) is 0 Å². The number of nitrogens with zero attached hydrogens (tertiary/aromatic N) is 3. The monoisotopic (exact) mass is 453 g/mol. The number of carbonyl (C=O) groups excluding carboxylic acids is 2. The Labute approximate surface area is 185 Å². The lowest BCUT2D eigenvalue weighted by atomic mass is 10.1. The number of aromatic amines is 1. The third-order valence-electron chi connectivity index (χ3n) is 4.40. The SMILES string of the molecule is CC(=O)c1ccc(NC(=O)CSc2nc3c(cnn3-c3ccc(Cl)cc3)c(=O)[nH]2)cc1. The van der Waals surface area contributed by atoms with Crippen LogP contribution >= 0.6 is 23.4 Å². The van der Waals surface area contributed by atoms with Crippen molar-refractivity contribution in [3.05, 3.63) is 75.7 Å². The lowest BCUT2D eigenvalue weighted by Gasteiger charge is -2.06. The molecule has 4 aromatic rings. The van der Waals surface area contributed by atoms with E-state index in [2.05, 4.69) is 20.4 Å². The molecule has 2 aromatic heterocycles. The van der Waals surface area contributed by atoms with E-state index in [0.717, 1.165) is 11.8 Å². The van der Waals surface area contributed by atoms with E-state index in [1.54, 1.807) is 53.2 Å². The van der Waals surface area contributed by atoms with Gasteiger partial charge in [-0.2, -0.15) is 5.10 Å². The highest BCUT2D eigenvalue weighted by atomic mass is 35.5. The molecule has 10 heteroatoms. The summed E-state index contributed by atoms with van der Waals surface area (Å²) in [6.45, 7) is 1.48. The topological polar surface area (TPSA) is 110 Å². The molecule has 31 heavy (non-hydrogen) atoms. The first-order valence-corrected chi connectivity index (χ1v) is 10.5. The largest absolute Gasteiger partial charge is 0.325 e. The highest BCUT2D eigenvalue weighted by molar-refractivity contribution is 7.99. The van der Waals surface area contributed by atoms with Crippen molar-refractivity contribution in [2.24, 2.45) is 0 Å². The van der Waals surface area contributed by atoms with E-state index >= 15 is 0 Å². The Hall–Kier alpha value is -3.43. The number of rotatable bonds is 6. The second-order valence-corrected chi connectivity index (χ2v) is 8.01. The molecule has 0 saturated carbocycles. The predicted octanol–water partition coefficient (Wildman–Crippen LogP) is 3.70. The van der Waals surface area contributed by atoms with Gasteiger partial charge in [0, 0.05) is 16.3 Å². The molecule has 0 spiro atoms. The van der Waals surface area contributed by atoms with E-state index in [0.29, 0.717) is 38.2 Å². The summed E-state index contributed by atoms with van der Waals surface area (Å²) in [7, 11) is 0. The normalized spacial score (nSPS) is 10.9. The number of anilines is 1. The molecule has 1 amide bonds. The van der Waals surface area contributed by atoms with Gasteiger partial charge in [-0.1, -0.05) is 23.4 Å². The van der Waals surface area contributed by atoms with Gasteiger partial charge < -0.3 is 10.3 Å². The van der Waals surface area contributed by atoms with Gasteiger partial charge in [-0.15, -0.1) is 0 Å². The molecule has 156 valence electrons. The first-order chi connectivity index (χ1) is 14.9. The minimum absolute atomic E-state index is 0.0397. The molecule has 0 aliphatic heterocycles. The van der Waals surface area contributed by atoms with Crippen molar-refractivity contribution in [2.75, 3.05) is 11.1 Å². The number of nitrogens with one attached hydrogen (secondary N) is 2. The van der Waals surface area contributed by atoms with Gasteiger partial charge in [-0.05, 0) is 55.5 Å². The summed E-state index contributed by atoms with van der Waals surface area (Å²) in [5.74, 6) is -0.274. The second-order valence-electron chi connectivity index (χ2n) is 6.61. The molecular formula is C21H16ClN5O3S. The maximum atomic E-state index is 12.4. The van der Waals surface area contributed by atoms with Gasteiger partial charge in [-0.3, -0.25) is 14.4 Å². The fourth-order valence-electron chi connectivity index (χ4n) is 2.86. The van der Waals surface area contributed by atoms with Crippen LogP contribution in [0, 0.1) is 0 Å². The zero-order valence-electron chi connectivity index (χ0n) is 16.3. The maximum absolute atomic E-state index is 12.4. The minimum atomic E-state index is -0.340. The molecule has 2 aromatic carbocycles. The van der Waals surface area contributed by atoms with E-state index in [1.165, 1.54) is 13.1 Å². The summed E-state index contributed by atoms with van der Waals surface area (Å²) in [5, 5.41) is 8.22. The van der Waals surface area contributed by atoms with E-state index in [1.807, 2.05) is 0 Å². The van der Waals surface area contributed by atoms with Crippen LogP contribution in [0.5, 0.6) is 0 Å². The standard InChI is InChI=1S/C21H16ClN5O3S/c1-12(28)13-2-6-15(7-3-13)24-18(29)11-31-21-25-19-17(20(30)26-21)10-23-27(19)16-8-4-14(22)5-9-16/h2-10H,11H2,1H3,(H,24,29)(H,25,26,30). The number of thioether (sulfide) groups is 1. The number of Topliss-reactive ketones (excluding diaryl/α,β-unsaturated/α-hetero) is 1. The second kappa shape index (κ2) is 8.75. The van der Waals surface area contributed by atoms with Crippen LogP contribution in [0.4, 0.5) is 5.69 Å². The number of benzene rings is 2. The van der Waals surface area contributed by atoms with Crippen molar-refractivity contribution in [1.29, 1.82) is 0 Å². The molecule has 0 fully saturated rings. The summed E-state index contributed by atoms with van der Waals surface area (Å²) < 4.78 is 1.54. The lowest BCUT2D eigenvalue weighted by molar-refractivity contribution is -0.113. The zero-order chi connectivity index (χ0) is 22.0. The van der Waals surface area contributed by atoms with Gasteiger partial charge in [0.15, 0.2) is 16.6 Å². The number of aromatic nitrogens is 4. The molecule has 0 unspecified atom stereocenters. The summed E-state index contributed by atoms with van der Waals surface area (Å²) in [6, 6.07) is 13.6. The number of H-pyrrole nitrogens is 1. The Morgan fingerprint density at radius 2 is 1.84 bits per heavy atom. The van der Waals surface area contributed by atoms with Crippen LogP contribution in [0.1, 0.15) is 17.3 Å². The molecule has 8 nitrogen and oxygen atoms in total. The van der Waals surface area contributed by atoms with Crippen LogP contribution in [0.3, 0.4) is 0 Å². The zero-order valence-corrected chi connectivity index (χ0v) is 17.8. The highest BCUT2D eigenvalue weighted by Crippen LogP contribution is 2.19. The van der Waals surface area contributed by atoms with Crippen molar-refractivity contribution < 1.29 is 9.59 Å². The summed E-state index contributed by atoms with van der Waals surface area (Å²) >= 11 is 7.04. The van der Waals surface area contributed by atoms with E-state index in [-0.39, 0.29) is 23.0 Å². The molecule has 4 rings (SSSR count). The number of amides is 1. The first-order valence-electron chi connectivity index (χ1n) is 9.18. The summed E-state index contributed by atoms with van der Waals surface area (Å²) in [4.78, 5) is 43.1. The Morgan fingerprint density at radius 3 is 2.52 bits per heavy atom. The number of fused-ring (bicyclic) bond motifs is 1. The van der Waals surface area contributed by atoms with E-state index in [9.17, 15) is 14.4 Å². The lowest BCUT2D eigenvalue weighted by Crippen LogP contribution is -2.15. The van der Waals surface area contributed by atoms with Crippen molar-refractivity contribution in [1.82, 2.24) is 19.7 Å². The molecule has 0 bridgehead atoms. The van der Waals surface area contributed by atoms with Crippen LogP contribution in [-0.4, -0.2) is 37.2 Å². The van der Waals surface area contributed by atoms with Gasteiger partial charge in [0.2, 0.25) is 5.91 Å². The summed E-state index contributed by atoms with van der Waals surface area (Å²) in [6.07, 6.45) is 1.45. The molecule has 2 heterocycles. The van der Waals surface area contributed by atoms with Gasteiger partial charge in [-0.25, -0.2) is 9.67 Å². The van der Waals surface area contributed by atoms with Crippen LogP contribution < -0.4 is 10.9 Å². The predicted molar refractivity (Wildman–Crippen MR) is 120 cm³/mol. The van der Waals surface area contributed by atoms with Crippen LogP contribution in [0.25, 0.3) is 16.7 Å². The van der Waals surface area contributed by atoms with Crippen molar-refractivity contribution in [2.45, 2.75) is 12.1 Å². The minimum Gasteiger partial charge on any atom is -0.325 e.